The van der Waals surface area contributed by atoms with Gasteiger partial charge in [0.15, 0.2) is 0 Å². The van der Waals surface area contributed by atoms with Gasteiger partial charge in [-0.15, -0.1) is 0 Å². The number of methoxy groups -OCH3 is 1. The molecule has 23 heavy (non-hydrogen) atoms. The van der Waals surface area contributed by atoms with Gasteiger partial charge in [-0.2, -0.15) is 0 Å². The number of aromatic hydroxyl groups is 1. The molecule has 1 N–H and O–H groups in total. The molecule has 2 bridgehead atoms. The van der Waals surface area contributed by atoms with Gasteiger partial charge in [0.25, 0.3) is 0 Å². The Hall–Kier alpha value is -2.08. The molecule has 0 radical (unpaired) electrons. The van der Waals surface area contributed by atoms with E-state index in [1.54, 1.807) is 12.1 Å². The number of hydrogen-bond acceptors (Lipinski definition) is 6. The number of benzene rings is 1. The minimum absolute atomic E-state index is 0.0309. The number of para-hydroxylation sites is 1. The summed E-state index contributed by atoms with van der Waals surface area (Å²) in [5, 5.41) is 9.79. The summed E-state index contributed by atoms with van der Waals surface area (Å²) in [7, 11) is 3.35. The molecule has 0 spiro atoms. The number of fused-ring (bicyclic) bond motifs is 2. The molecule has 6 heteroatoms. The molecule has 2 aliphatic rings. The number of carbonyl (C=O) groups excluding carboxylic acids is 2. The fourth-order valence-electron chi connectivity index (χ4n) is 3.83. The highest BCUT2D eigenvalue weighted by molar-refractivity contribution is 5.92. The second-order valence-corrected chi connectivity index (χ2v) is 6.21. The van der Waals surface area contributed by atoms with E-state index in [0.717, 1.165) is 12.8 Å². The number of phenolic OH excluding ortho intramolecular Hbond substituents is 1. The predicted octanol–water partition coefficient (Wildman–Crippen LogP) is 1.57. The van der Waals surface area contributed by atoms with E-state index in [9.17, 15) is 14.7 Å². The summed E-state index contributed by atoms with van der Waals surface area (Å²) in [5.41, 5.74) is 0.113. The van der Waals surface area contributed by atoms with Crippen LogP contribution in [0.5, 0.6) is 5.75 Å². The van der Waals surface area contributed by atoms with Gasteiger partial charge < -0.3 is 14.6 Å². The zero-order valence-corrected chi connectivity index (χ0v) is 13.3. The Balaban J connectivity index is 1.81. The highest BCUT2D eigenvalue weighted by atomic mass is 16.6. The first kappa shape index (κ1) is 15.8. The SMILES string of the molecule is COC(=O)[C@H]1[C@@H](OC(=O)c2ccccc2O)C[C@H]2CC[C@@H]1N2C. The van der Waals surface area contributed by atoms with Crippen molar-refractivity contribution in [1.82, 2.24) is 4.90 Å². The zero-order valence-electron chi connectivity index (χ0n) is 13.3. The van der Waals surface area contributed by atoms with E-state index in [4.69, 9.17) is 9.47 Å². The number of nitrogens with zero attached hydrogens (tertiary/aromatic N) is 1. The molecular formula is C17H21NO5. The number of carbonyl (C=O) groups is 2. The zero-order chi connectivity index (χ0) is 16.6. The second kappa shape index (κ2) is 6.20. The van der Waals surface area contributed by atoms with E-state index in [0.29, 0.717) is 12.5 Å². The monoisotopic (exact) mass is 319 g/mol. The van der Waals surface area contributed by atoms with Gasteiger partial charge in [0.1, 0.15) is 23.3 Å². The minimum Gasteiger partial charge on any atom is -0.507 e. The molecule has 2 saturated heterocycles. The third-order valence-corrected chi connectivity index (χ3v) is 5.07. The van der Waals surface area contributed by atoms with Crippen LogP contribution in [0.1, 0.15) is 29.6 Å². The van der Waals surface area contributed by atoms with Crippen LogP contribution in [0.4, 0.5) is 0 Å². The Morgan fingerprint density at radius 3 is 2.70 bits per heavy atom. The highest BCUT2D eigenvalue weighted by Gasteiger charge is 2.51. The first-order valence-electron chi connectivity index (χ1n) is 7.81. The van der Waals surface area contributed by atoms with Gasteiger partial charge in [0.2, 0.25) is 0 Å². The van der Waals surface area contributed by atoms with Crippen LogP contribution < -0.4 is 0 Å². The molecule has 2 aliphatic heterocycles. The maximum Gasteiger partial charge on any atom is 0.342 e. The van der Waals surface area contributed by atoms with Crippen LogP contribution in [0, 0.1) is 5.92 Å². The molecular weight excluding hydrogens is 298 g/mol. The summed E-state index contributed by atoms with van der Waals surface area (Å²) < 4.78 is 10.5. The van der Waals surface area contributed by atoms with E-state index in [2.05, 4.69) is 4.90 Å². The largest absolute Gasteiger partial charge is 0.507 e. The lowest BCUT2D eigenvalue weighted by molar-refractivity contribution is -0.156. The van der Waals surface area contributed by atoms with Crippen molar-refractivity contribution < 1.29 is 24.2 Å². The number of rotatable bonds is 3. The van der Waals surface area contributed by atoms with Gasteiger partial charge in [-0.3, -0.25) is 9.69 Å². The number of phenols is 1. The van der Waals surface area contributed by atoms with Gasteiger partial charge in [-0.1, -0.05) is 12.1 Å². The van der Waals surface area contributed by atoms with Crippen LogP contribution in [0.25, 0.3) is 0 Å². The molecule has 0 amide bonds. The Kier molecular flexibility index (Phi) is 4.26. The Morgan fingerprint density at radius 2 is 2.00 bits per heavy atom. The lowest BCUT2D eigenvalue weighted by atomic mass is 9.87. The van der Waals surface area contributed by atoms with Crippen molar-refractivity contribution in [1.29, 1.82) is 0 Å². The maximum absolute atomic E-state index is 12.4. The van der Waals surface area contributed by atoms with Crippen molar-refractivity contribution in [2.24, 2.45) is 5.92 Å². The summed E-state index contributed by atoms with van der Waals surface area (Å²) in [5.74, 6) is -1.56. The van der Waals surface area contributed by atoms with Crippen molar-refractivity contribution in [2.45, 2.75) is 37.5 Å². The molecule has 1 aromatic rings. The summed E-state index contributed by atoms with van der Waals surface area (Å²) >= 11 is 0. The topological polar surface area (TPSA) is 76.1 Å². The average Bonchev–Trinajstić information content (AvgIpc) is 2.78. The molecule has 0 aliphatic carbocycles. The van der Waals surface area contributed by atoms with E-state index < -0.39 is 18.0 Å². The second-order valence-electron chi connectivity index (χ2n) is 6.21. The average molecular weight is 319 g/mol. The van der Waals surface area contributed by atoms with Crippen molar-refractivity contribution in [2.75, 3.05) is 14.2 Å². The normalized spacial score (nSPS) is 30.0. The number of piperidine rings is 1. The van der Waals surface area contributed by atoms with Gasteiger partial charge in [-0.05, 0) is 32.0 Å². The summed E-state index contributed by atoms with van der Waals surface area (Å²) in [6, 6.07) is 6.58. The highest BCUT2D eigenvalue weighted by Crippen LogP contribution is 2.40. The summed E-state index contributed by atoms with van der Waals surface area (Å²) in [6.45, 7) is 0. The molecule has 124 valence electrons. The fraction of sp³-hybridized carbons (Fsp3) is 0.529. The third kappa shape index (κ3) is 2.79. The van der Waals surface area contributed by atoms with Gasteiger partial charge in [0, 0.05) is 18.5 Å². The molecule has 4 atom stereocenters. The van der Waals surface area contributed by atoms with E-state index in [1.807, 2.05) is 7.05 Å². The third-order valence-electron chi connectivity index (χ3n) is 5.07. The number of hydrogen-bond donors (Lipinski definition) is 1. The number of ether oxygens (including phenoxy) is 2. The smallest absolute Gasteiger partial charge is 0.342 e. The van der Waals surface area contributed by atoms with E-state index >= 15 is 0 Å². The van der Waals surface area contributed by atoms with Crippen LogP contribution in [0.15, 0.2) is 24.3 Å². The quantitative estimate of drug-likeness (QED) is 0.852. The van der Waals surface area contributed by atoms with Crippen LogP contribution in [-0.2, 0) is 14.3 Å². The Labute approximate surface area is 135 Å². The molecule has 2 fully saturated rings. The summed E-state index contributed by atoms with van der Waals surface area (Å²) in [6.07, 6.45) is 1.96. The Morgan fingerprint density at radius 1 is 1.26 bits per heavy atom. The lowest BCUT2D eigenvalue weighted by Gasteiger charge is -2.40. The first-order chi connectivity index (χ1) is 11.0. The van der Waals surface area contributed by atoms with E-state index in [-0.39, 0.29) is 23.3 Å². The van der Waals surface area contributed by atoms with Crippen molar-refractivity contribution in [3.63, 3.8) is 0 Å². The number of esters is 2. The lowest BCUT2D eigenvalue weighted by Crippen LogP contribution is -2.53. The molecule has 0 saturated carbocycles. The first-order valence-corrected chi connectivity index (χ1v) is 7.81. The van der Waals surface area contributed by atoms with Crippen molar-refractivity contribution in [3.8, 4) is 5.75 Å². The van der Waals surface area contributed by atoms with Crippen LogP contribution in [0.3, 0.4) is 0 Å². The van der Waals surface area contributed by atoms with Crippen LogP contribution >= 0.6 is 0 Å². The molecule has 3 rings (SSSR count). The molecule has 2 heterocycles. The van der Waals surface area contributed by atoms with Crippen LogP contribution in [-0.4, -0.2) is 54.3 Å². The van der Waals surface area contributed by atoms with Gasteiger partial charge >= 0.3 is 11.9 Å². The Bertz CT molecular complexity index is 617. The molecule has 6 nitrogen and oxygen atoms in total. The minimum atomic E-state index is -0.606. The molecule has 0 aromatic heterocycles. The summed E-state index contributed by atoms with van der Waals surface area (Å²) in [4.78, 5) is 26.7. The van der Waals surface area contributed by atoms with Gasteiger partial charge in [-0.25, -0.2) is 4.79 Å². The fourth-order valence-corrected chi connectivity index (χ4v) is 3.83. The standard InChI is InChI=1S/C17H21NO5/c1-18-10-7-8-12(18)15(17(21)22-2)14(9-10)23-16(20)11-5-3-4-6-13(11)19/h3-6,10,12,14-15,19H,7-9H2,1-2H3/t10-,12+,14+,15-/m1/s1. The molecule has 0 unspecified atom stereocenters. The van der Waals surface area contributed by atoms with Crippen molar-refractivity contribution >= 4 is 11.9 Å². The van der Waals surface area contributed by atoms with Gasteiger partial charge in [0.05, 0.1) is 7.11 Å². The molecule has 1 aromatic carbocycles. The predicted molar refractivity (Wildman–Crippen MR) is 82.0 cm³/mol. The van der Waals surface area contributed by atoms with Crippen molar-refractivity contribution in [3.05, 3.63) is 29.8 Å². The van der Waals surface area contributed by atoms with E-state index in [1.165, 1.54) is 19.2 Å². The maximum atomic E-state index is 12.4. The van der Waals surface area contributed by atoms with Crippen LogP contribution in [0.2, 0.25) is 0 Å².